The summed E-state index contributed by atoms with van der Waals surface area (Å²) in [5.41, 5.74) is 3.65. The van der Waals surface area contributed by atoms with Crippen molar-refractivity contribution in [3.05, 3.63) is 121 Å². The minimum atomic E-state index is 0. The highest BCUT2D eigenvalue weighted by Gasteiger charge is 2.11. The van der Waals surface area contributed by atoms with E-state index in [1.54, 1.807) is 0 Å². The summed E-state index contributed by atoms with van der Waals surface area (Å²) in [5.74, 6) is 0.495. The van der Waals surface area contributed by atoms with E-state index in [1.165, 1.54) is 11.1 Å². The van der Waals surface area contributed by atoms with E-state index in [2.05, 4.69) is 120 Å². The lowest BCUT2D eigenvalue weighted by Gasteiger charge is -2.23. The lowest BCUT2D eigenvalue weighted by atomic mass is 9.96. The van der Waals surface area contributed by atoms with Crippen LogP contribution in [0.25, 0.3) is 0 Å². The van der Waals surface area contributed by atoms with Gasteiger partial charge in [0.15, 0.2) is 0 Å². The van der Waals surface area contributed by atoms with Crippen LogP contribution in [0, 0.1) is 5.92 Å². The average molecular weight is 504 g/mol. The number of aliphatic imine (C=N–C) groups is 1. The van der Waals surface area contributed by atoms with Crippen LogP contribution >= 0.6 is 0 Å². The van der Waals surface area contributed by atoms with Crippen LogP contribution in [0.15, 0.2) is 115 Å². The fraction of sp³-hybridized carbons (Fsp3) is 0.382. The van der Waals surface area contributed by atoms with Crippen molar-refractivity contribution in [2.45, 2.75) is 67.3 Å². The summed E-state index contributed by atoms with van der Waals surface area (Å²) < 4.78 is 0. The van der Waals surface area contributed by atoms with Gasteiger partial charge in [0.2, 0.25) is 0 Å². The molecule has 0 spiro atoms. The molecule has 2 aromatic rings. The van der Waals surface area contributed by atoms with E-state index in [4.69, 9.17) is 0 Å². The first-order valence-corrected chi connectivity index (χ1v) is 13.5. The van der Waals surface area contributed by atoms with Crippen LogP contribution in [0.5, 0.6) is 0 Å². The Morgan fingerprint density at radius 3 is 2.16 bits per heavy atom. The Bertz CT molecular complexity index is 933. The van der Waals surface area contributed by atoms with Gasteiger partial charge in [0.1, 0.15) is 0 Å². The fourth-order valence-electron chi connectivity index (χ4n) is 3.67. The monoisotopic (exact) mass is 503 g/mol. The van der Waals surface area contributed by atoms with Gasteiger partial charge in [0.05, 0.1) is 12.9 Å². The van der Waals surface area contributed by atoms with Crippen LogP contribution in [0.3, 0.4) is 0 Å². The van der Waals surface area contributed by atoms with E-state index in [0.717, 1.165) is 37.9 Å². The quantitative estimate of drug-likeness (QED) is 0.212. The van der Waals surface area contributed by atoms with Gasteiger partial charge in [-0.25, -0.2) is 0 Å². The molecule has 3 nitrogen and oxygen atoms in total. The number of allylic oxidation sites excluding steroid dienone is 5. The number of aryl methyl sites for hydroxylation is 1. The Balaban J connectivity index is 0. The van der Waals surface area contributed by atoms with Crippen molar-refractivity contribution in [1.82, 2.24) is 9.80 Å². The van der Waals surface area contributed by atoms with Crippen molar-refractivity contribution in [3.63, 3.8) is 0 Å². The molecular formula is C34H53N3. The fourth-order valence-corrected chi connectivity index (χ4v) is 3.67. The number of benzene rings is 2. The molecule has 0 amide bonds. The standard InChI is InChI=1S/C29H35N3.2C2H6.CH4.H2/c1-26(23-28-15-8-4-9-16-28)32(25-30-24-29-17-10-5-11-18-29)22-21-31(2)20-12-19-27-13-6-3-7-14-27;2*1-2;;/h3-11,13-15,17-18,21-22,25,28H,1,12,16,19-20,23-24H2,2H3;2*1-2H3;1H4;1H/b22-21-,30-25?;;;;. The van der Waals surface area contributed by atoms with Crippen LogP contribution in [-0.4, -0.2) is 29.7 Å². The van der Waals surface area contributed by atoms with Crippen molar-refractivity contribution in [2.24, 2.45) is 10.9 Å². The van der Waals surface area contributed by atoms with Gasteiger partial charge in [0, 0.05) is 33.1 Å². The van der Waals surface area contributed by atoms with Gasteiger partial charge in [-0.3, -0.25) is 4.99 Å². The van der Waals surface area contributed by atoms with Gasteiger partial charge >= 0.3 is 0 Å². The Morgan fingerprint density at radius 1 is 0.946 bits per heavy atom. The molecule has 0 N–H and O–H groups in total. The Hall–Kier alpha value is -3.33. The number of hydrogen-bond acceptors (Lipinski definition) is 2. The first-order chi connectivity index (χ1) is 17.7. The molecule has 0 radical (unpaired) electrons. The summed E-state index contributed by atoms with van der Waals surface area (Å²) in [6, 6.07) is 21.0. The third-order valence-corrected chi connectivity index (χ3v) is 5.56. The topological polar surface area (TPSA) is 18.8 Å². The molecule has 0 fully saturated rings. The van der Waals surface area contributed by atoms with Gasteiger partial charge in [-0.2, -0.15) is 0 Å². The van der Waals surface area contributed by atoms with Crippen molar-refractivity contribution >= 4 is 6.34 Å². The molecule has 1 aliphatic carbocycles. The molecule has 2 aromatic carbocycles. The van der Waals surface area contributed by atoms with Crippen molar-refractivity contribution in [1.29, 1.82) is 0 Å². The summed E-state index contributed by atoms with van der Waals surface area (Å²) in [6.07, 6.45) is 19.0. The third-order valence-electron chi connectivity index (χ3n) is 5.56. The van der Waals surface area contributed by atoms with E-state index in [1.807, 2.05) is 40.1 Å². The second-order valence-corrected chi connectivity index (χ2v) is 8.30. The zero-order valence-corrected chi connectivity index (χ0v) is 23.2. The van der Waals surface area contributed by atoms with Crippen LogP contribution in [-0.2, 0) is 13.0 Å². The predicted molar refractivity (Wildman–Crippen MR) is 169 cm³/mol. The van der Waals surface area contributed by atoms with E-state index in [-0.39, 0.29) is 8.85 Å². The lowest BCUT2D eigenvalue weighted by Crippen LogP contribution is -2.19. The van der Waals surface area contributed by atoms with Gasteiger partial charge in [0.25, 0.3) is 0 Å². The molecule has 3 rings (SSSR count). The number of nitrogens with zero attached hydrogens (tertiary/aromatic N) is 3. The molecule has 1 unspecified atom stereocenters. The zero-order valence-electron chi connectivity index (χ0n) is 23.2. The predicted octanol–water partition coefficient (Wildman–Crippen LogP) is 9.52. The van der Waals surface area contributed by atoms with Crippen LogP contribution in [0.1, 0.15) is 66.9 Å². The molecule has 0 bridgehead atoms. The smallest absolute Gasteiger partial charge is 0.0937 e. The highest BCUT2D eigenvalue weighted by molar-refractivity contribution is 5.59. The number of hydrogen-bond donors (Lipinski definition) is 0. The largest absolute Gasteiger partial charge is 0.379 e. The summed E-state index contributed by atoms with van der Waals surface area (Å²) in [4.78, 5) is 8.98. The molecule has 0 aliphatic heterocycles. The van der Waals surface area contributed by atoms with Gasteiger partial charge in [-0.15, -0.1) is 0 Å². The second kappa shape index (κ2) is 21.9. The van der Waals surface area contributed by atoms with Crippen molar-refractivity contribution in [2.75, 3.05) is 13.6 Å². The molecule has 0 saturated carbocycles. The maximum Gasteiger partial charge on any atom is 0.0937 e. The molecule has 37 heavy (non-hydrogen) atoms. The molecule has 204 valence electrons. The summed E-state index contributed by atoms with van der Waals surface area (Å²) in [5, 5.41) is 0. The summed E-state index contributed by atoms with van der Waals surface area (Å²) >= 11 is 0. The first kappa shape index (κ1) is 33.7. The summed E-state index contributed by atoms with van der Waals surface area (Å²) in [7, 11) is 2.12. The third kappa shape index (κ3) is 14.7. The lowest BCUT2D eigenvalue weighted by molar-refractivity contribution is 0.436. The van der Waals surface area contributed by atoms with Crippen molar-refractivity contribution < 1.29 is 1.43 Å². The Morgan fingerprint density at radius 2 is 1.57 bits per heavy atom. The number of rotatable bonds is 12. The summed E-state index contributed by atoms with van der Waals surface area (Å²) in [6.45, 7) is 14.0. The molecule has 3 heteroatoms. The molecular weight excluding hydrogens is 450 g/mol. The Labute approximate surface area is 230 Å². The molecule has 1 aliphatic rings. The zero-order chi connectivity index (χ0) is 26.4. The SMILES string of the molecule is C.C=C(CC1C=CC=CC1)N(C=NCc1ccccc1)/C=C\N(C)CCCc1ccccc1.CC.CC.[HH]. The maximum absolute atomic E-state index is 4.67. The minimum absolute atomic E-state index is 0. The molecule has 0 aromatic heterocycles. The first-order valence-electron chi connectivity index (χ1n) is 13.5. The van der Waals surface area contributed by atoms with Gasteiger partial charge in [-0.05, 0) is 42.7 Å². The van der Waals surface area contributed by atoms with Crippen molar-refractivity contribution in [3.8, 4) is 0 Å². The van der Waals surface area contributed by atoms with Crippen LogP contribution < -0.4 is 0 Å². The maximum atomic E-state index is 4.67. The van der Waals surface area contributed by atoms with Gasteiger partial charge in [-0.1, -0.05) is 127 Å². The molecule has 1 atom stereocenters. The molecule has 0 saturated heterocycles. The van der Waals surface area contributed by atoms with Gasteiger partial charge < -0.3 is 9.80 Å². The molecule has 0 heterocycles. The van der Waals surface area contributed by atoms with E-state index >= 15 is 0 Å². The van der Waals surface area contributed by atoms with Crippen LogP contribution in [0.2, 0.25) is 0 Å². The highest BCUT2D eigenvalue weighted by Crippen LogP contribution is 2.21. The Kier molecular flexibility index (Phi) is 19.9. The van der Waals surface area contributed by atoms with Crippen LogP contribution in [0.4, 0.5) is 0 Å². The highest BCUT2D eigenvalue weighted by atomic mass is 15.2. The van der Waals surface area contributed by atoms with E-state index in [9.17, 15) is 0 Å². The normalized spacial score (nSPS) is 13.7. The van der Waals surface area contributed by atoms with E-state index < -0.39 is 0 Å². The second-order valence-electron chi connectivity index (χ2n) is 8.30. The van der Waals surface area contributed by atoms with E-state index in [0.29, 0.717) is 12.5 Å². The minimum Gasteiger partial charge on any atom is -0.379 e. The average Bonchev–Trinajstić information content (AvgIpc) is 2.94.